The van der Waals surface area contributed by atoms with Crippen LogP contribution in [-0.4, -0.2) is 68.8 Å². The lowest BCUT2D eigenvalue weighted by Gasteiger charge is -2.44. The smallest absolute Gasteiger partial charge is 0.184 e. The standard InChI is InChI=1S/C18H28O6/c1-5-9-20-13-14-15(21-10-6-2)16(22-11-7-3)17(18(19)24-14)23-12-8-4/h5-8,14-19H,1-4,9-13H2/t14-,15-,16+,17+,18?/m1/s1. The fourth-order valence-corrected chi connectivity index (χ4v) is 2.40. The minimum Gasteiger partial charge on any atom is -0.375 e. The molecular weight excluding hydrogens is 312 g/mol. The van der Waals surface area contributed by atoms with Crippen molar-refractivity contribution in [2.75, 3.05) is 33.0 Å². The van der Waals surface area contributed by atoms with E-state index >= 15 is 0 Å². The van der Waals surface area contributed by atoms with Crippen molar-refractivity contribution in [1.29, 1.82) is 0 Å². The second kappa shape index (κ2) is 12.1. The zero-order valence-corrected chi connectivity index (χ0v) is 14.0. The van der Waals surface area contributed by atoms with Gasteiger partial charge >= 0.3 is 0 Å². The summed E-state index contributed by atoms with van der Waals surface area (Å²) < 4.78 is 28.3. The number of ether oxygens (including phenoxy) is 5. The Morgan fingerprint density at radius 1 is 0.750 bits per heavy atom. The molecule has 1 N–H and O–H groups in total. The van der Waals surface area contributed by atoms with E-state index in [0.717, 1.165) is 0 Å². The second-order valence-corrected chi connectivity index (χ2v) is 5.15. The van der Waals surface area contributed by atoms with Gasteiger partial charge in [0.25, 0.3) is 0 Å². The van der Waals surface area contributed by atoms with Gasteiger partial charge in [-0.1, -0.05) is 24.3 Å². The molecule has 0 spiro atoms. The first-order chi connectivity index (χ1) is 11.7. The number of hydrogen-bond donors (Lipinski definition) is 1. The van der Waals surface area contributed by atoms with Gasteiger partial charge in [0.1, 0.15) is 24.4 Å². The van der Waals surface area contributed by atoms with E-state index in [9.17, 15) is 5.11 Å². The van der Waals surface area contributed by atoms with Crippen molar-refractivity contribution in [3.05, 3.63) is 50.6 Å². The molecule has 0 radical (unpaired) electrons. The summed E-state index contributed by atoms with van der Waals surface area (Å²) in [6.07, 6.45) is 3.05. The topological polar surface area (TPSA) is 66.4 Å². The highest BCUT2D eigenvalue weighted by Gasteiger charge is 2.47. The summed E-state index contributed by atoms with van der Waals surface area (Å²) in [5, 5.41) is 10.3. The van der Waals surface area contributed by atoms with Crippen LogP contribution in [0, 0.1) is 0 Å². The van der Waals surface area contributed by atoms with Crippen molar-refractivity contribution in [2.24, 2.45) is 0 Å². The molecule has 0 aromatic rings. The van der Waals surface area contributed by atoms with Crippen molar-refractivity contribution in [1.82, 2.24) is 0 Å². The summed E-state index contributed by atoms with van der Waals surface area (Å²) in [4.78, 5) is 0. The van der Waals surface area contributed by atoms with E-state index in [1.165, 1.54) is 0 Å². The van der Waals surface area contributed by atoms with Crippen LogP contribution in [0.1, 0.15) is 0 Å². The molecule has 0 aliphatic carbocycles. The molecule has 5 atom stereocenters. The molecule has 1 aliphatic heterocycles. The predicted octanol–water partition coefficient (Wildman–Crippen LogP) is 1.62. The first-order valence-corrected chi connectivity index (χ1v) is 7.89. The summed E-state index contributed by atoms with van der Waals surface area (Å²) in [5.74, 6) is 0. The zero-order valence-electron chi connectivity index (χ0n) is 14.0. The molecule has 0 aromatic carbocycles. The molecule has 0 amide bonds. The SMILES string of the molecule is C=CCOC[C@H]1OC(O)[C@@H](OCC=C)[C@@H](OCC=C)[C@@H]1OCC=C. The van der Waals surface area contributed by atoms with Crippen LogP contribution in [0.25, 0.3) is 0 Å². The zero-order chi connectivity index (χ0) is 17.8. The first-order valence-electron chi connectivity index (χ1n) is 7.89. The Balaban J connectivity index is 2.92. The molecule has 0 aromatic heterocycles. The van der Waals surface area contributed by atoms with Gasteiger partial charge in [-0.05, 0) is 0 Å². The van der Waals surface area contributed by atoms with Crippen LogP contribution in [0.5, 0.6) is 0 Å². The maximum atomic E-state index is 10.3. The maximum absolute atomic E-state index is 10.3. The van der Waals surface area contributed by atoms with Crippen molar-refractivity contribution in [3.63, 3.8) is 0 Å². The van der Waals surface area contributed by atoms with Crippen molar-refractivity contribution in [3.8, 4) is 0 Å². The van der Waals surface area contributed by atoms with Crippen LogP contribution in [0.15, 0.2) is 50.6 Å². The second-order valence-electron chi connectivity index (χ2n) is 5.15. The van der Waals surface area contributed by atoms with E-state index in [1.54, 1.807) is 24.3 Å². The van der Waals surface area contributed by atoms with Gasteiger partial charge in [-0.2, -0.15) is 0 Å². The first kappa shape index (κ1) is 20.8. The number of aliphatic hydroxyl groups excluding tert-OH is 1. The molecule has 1 rings (SSSR count). The van der Waals surface area contributed by atoms with Gasteiger partial charge in [-0.3, -0.25) is 0 Å². The molecule has 136 valence electrons. The van der Waals surface area contributed by atoms with Crippen molar-refractivity contribution >= 4 is 0 Å². The molecule has 24 heavy (non-hydrogen) atoms. The molecule has 1 fully saturated rings. The fraction of sp³-hybridized carbons (Fsp3) is 0.556. The third-order valence-electron chi connectivity index (χ3n) is 3.35. The van der Waals surface area contributed by atoms with Gasteiger partial charge in [0.2, 0.25) is 0 Å². The van der Waals surface area contributed by atoms with E-state index in [-0.39, 0.29) is 13.2 Å². The Labute approximate surface area is 144 Å². The van der Waals surface area contributed by atoms with Crippen LogP contribution in [0.4, 0.5) is 0 Å². The van der Waals surface area contributed by atoms with Gasteiger partial charge in [-0.25, -0.2) is 0 Å². The van der Waals surface area contributed by atoms with Gasteiger partial charge in [-0.15, -0.1) is 26.3 Å². The normalized spacial score (nSPS) is 29.8. The molecule has 0 saturated carbocycles. The molecule has 1 heterocycles. The molecule has 1 unspecified atom stereocenters. The lowest BCUT2D eigenvalue weighted by Crippen LogP contribution is -2.61. The van der Waals surface area contributed by atoms with Crippen LogP contribution >= 0.6 is 0 Å². The minimum atomic E-state index is -1.17. The Morgan fingerprint density at radius 2 is 1.25 bits per heavy atom. The third kappa shape index (κ3) is 6.32. The van der Waals surface area contributed by atoms with Crippen LogP contribution in [0.2, 0.25) is 0 Å². The quantitative estimate of drug-likeness (QED) is 0.406. The molecule has 1 saturated heterocycles. The third-order valence-corrected chi connectivity index (χ3v) is 3.35. The highest BCUT2D eigenvalue weighted by atomic mass is 16.7. The van der Waals surface area contributed by atoms with E-state index < -0.39 is 30.7 Å². The van der Waals surface area contributed by atoms with E-state index in [4.69, 9.17) is 23.7 Å². The van der Waals surface area contributed by atoms with Crippen LogP contribution < -0.4 is 0 Å². The minimum absolute atomic E-state index is 0.229. The van der Waals surface area contributed by atoms with Gasteiger partial charge < -0.3 is 28.8 Å². The van der Waals surface area contributed by atoms with Gasteiger partial charge in [0.05, 0.1) is 33.0 Å². The Hall–Kier alpha value is -1.28. The molecule has 6 heteroatoms. The summed E-state index contributed by atoms with van der Waals surface area (Å²) in [6, 6.07) is 0. The fourth-order valence-electron chi connectivity index (χ4n) is 2.40. The highest BCUT2D eigenvalue weighted by molar-refractivity contribution is 4.94. The van der Waals surface area contributed by atoms with Crippen molar-refractivity contribution in [2.45, 2.75) is 30.7 Å². The average molecular weight is 340 g/mol. The largest absolute Gasteiger partial charge is 0.375 e. The Morgan fingerprint density at radius 3 is 1.79 bits per heavy atom. The Bertz CT molecular complexity index is 397. The lowest BCUT2D eigenvalue weighted by atomic mass is 9.98. The van der Waals surface area contributed by atoms with Gasteiger partial charge in [0.15, 0.2) is 6.29 Å². The summed E-state index contributed by atoms with van der Waals surface area (Å²) in [5.41, 5.74) is 0. The van der Waals surface area contributed by atoms with Crippen LogP contribution in [-0.2, 0) is 23.7 Å². The molecular formula is C18H28O6. The van der Waals surface area contributed by atoms with Crippen molar-refractivity contribution < 1.29 is 28.8 Å². The number of rotatable bonds is 13. The van der Waals surface area contributed by atoms with Crippen LogP contribution in [0.3, 0.4) is 0 Å². The Kier molecular flexibility index (Phi) is 10.5. The predicted molar refractivity (Wildman–Crippen MR) is 91.7 cm³/mol. The van der Waals surface area contributed by atoms with E-state index in [0.29, 0.717) is 19.8 Å². The average Bonchev–Trinajstić information content (AvgIpc) is 2.58. The summed E-state index contributed by atoms with van der Waals surface area (Å²) in [7, 11) is 0. The van der Waals surface area contributed by atoms with E-state index in [1.807, 2.05) is 0 Å². The van der Waals surface area contributed by atoms with Gasteiger partial charge in [0, 0.05) is 0 Å². The number of aliphatic hydroxyl groups is 1. The molecule has 6 nitrogen and oxygen atoms in total. The summed E-state index contributed by atoms with van der Waals surface area (Å²) in [6.45, 7) is 16.0. The summed E-state index contributed by atoms with van der Waals surface area (Å²) >= 11 is 0. The number of hydrogen-bond acceptors (Lipinski definition) is 6. The maximum Gasteiger partial charge on any atom is 0.184 e. The molecule has 0 bridgehead atoms. The molecule has 1 aliphatic rings. The highest BCUT2D eigenvalue weighted by Crippen LogP contribution is 2.27. The van der Waals surface area contributed by atoms with E-state index in [2.05, 4.69) is 26.3 Å². The monoisotopic (exact) mass is 340 g/mol. The lowest BCUT2D eigenvalue weighted by molar-refractivity contribution is -0.307.